The van der Waals surface area contributed by atoms with Gasteiger partial charge in [0.2, 0.25) is 0 Å². The topological polar surface area (TPSA) is 70.6 Å². The maximum Gasteiger partial charge on any atom is 0.329 e. The molecule has 1 heterocycles. The lowest BCUT2D eigenvalue weighted by molar-refractivity contribution is -0.139. The van der Waals surface area contributed by atoms with E-state index in [0.717, 1.165) is 17.7 Å². The summed E-state index contributed by atoms with van der Waals surface area (Å²) in [5.41, 5.74) is 2.20. The first-order valence-electron chi connectivity index (χ1n) is 5.35. The van der Waals surface area contributed by atoms with Gasteiger partial charge in [-0.05, 0) is 31.9 Å². The summed E-state index contributed by atoms with van der Waals surface area (Å²) in [5, 5.41) is 6.31. The monoisotopic (exact) mass is 251 g/mol. The van der Waals surface area contributed by atoms with Gasteiger partial charge in [-0.2, -0.15) is 5.10 Å². The Hall–Kier alpha value is -1.69. The van der Waals surface area contributed by atoms with Crippen molar-refractivity contribution in [1.29, 1.82) is 0 Å². The molecule has 0 bridgehead atoms. The van der Waals surface area contributed by atoms with Crippen molar-refractivity contribution >= 4 is 29.4 Å². The molecule has 1 fully saturated rings. The highest BCUT2D eigenvalue weighted by Gasteiger charge is 2.26. The highest BCUT2D eigenvalue weighted by atomic mass is 32.1. The quantitative estimate of drug-likeness (QED) is 0.473. The SMILES string of the molecule is Cc1ccc(/C=N\NC(=O)C(=O)NC2CC2)s1. The van der Waals surface area contributed by atoms with Gasteiger partial charge in [-0.15, -0.1) is 11.3 Å². The molecule has 2 rings (SSSR count). The van der Waals surface area contributed by atoms with Crippen LogP contribution in [0, 0.1) is 6.92 Å². The van der Waals surface area contributed by atoms with Crippen molar-refractivity contribution in [1.82, 2.24) is 10.7 Å². The average Bonchev–Trinajstić information content (AvgIpc) is 3.00. The number of carbonyl (C=O) groups is 2. The maximum atomic E-state index is 11.3. The van der Waals surface area contributed by atoms with Gasteiger partial charge in [-0.1, -0.05) is 0 Å². The molecule has 0 radical (unpaired) electrons. The van der Waals surface area contributed by atoms with Gasteiger partial charge >= 0.3 is 11.8 Å². The van der Waals surface area contributed by atoms with Crippen molar-refractivity contribution < 1.29 is 9.59 Å². The number of amides is 2. The van der Waals surface area contributed by atoms with Gasteiger partial charge in [-0.3, -0.25) is 9.59 Å². The van der Waals surface area contributed by atoms with E-state index < -0.39 is 11.8 Å². The fourth-order valence-corrected chi connectivity index (χ4v) is 1.96. The first-order valence-corrected chi connectivity index (χ1v) is 6.17. The number of carbonyl (C=O) groups excluding carboxylic acids is 2. The van der Waals surface area contributed by atoms with Crippen LogP contribution in [-0.4, -0.2) is 24.1 Å². The van der Waals surface area contributed by atoms with Gasteiger partial charge in [0.25, 0.3) is 0 Å². The molecule has 1 aromatic rings. The molecule has 5 nitrogen and oxygen atoms in total. The second kappa shape index (κ2) is 5.09. The van der Waals surface area contributed by atoms with Crippen LogP contribution in [0.3, 0.4) is 0 Å². The Morgan fingerprint density at radius 3 is 2.76 bits per heavy atom. The smallest absolute Gasteiger partial charge is 0.329 e. The van der Waals surface area contributed by atoms with E-state index in [0.29, 0.717) is 0 Å². The van der Waals surface area contributed by atoms with Gasteiger partial charge in [0.05, 0.1) is 6.21 Å². The predicted molar refractivity (Wildman–Crippen MR) is 66.0 cm³/mol. The molecule has 0 saturated heterocycles. The molecule has 1 aliphatic rings. The zero-order chi connectivity index (χ0) is 12.3. The molecule has 1 aromatic heterocycles. The lowest BCUT2D eigenvalue weighted by atomic mass is 10.4. The summed E-state index contributed by atoms with van der Waals surface area (Å²) in [6.45, 7) is 1.99. The van der Waals surface area contributed by atoms with Crippen LogP contribution >= 0.6 is 11.3 Å². The molecule has 2 amide bonds. The fourth-order valence-electron chi connectivity index (χ4n) is 1.21. The van der Waals surface area contributed by atoms with Crippen LogP contribution in [0.25, 0.3) is 0 Å². The molecule has 0 spiro atoms. The van der Waals surface area contributed by atoms with Crippen molar-refractivity contribution in [2.45, 2.75) is 25.8 Å². The minimum atomic E-state index is -0.721. The Kier molecular flexibility index (Phi) is 3.53. The van der Waals surface area contributed by atoms with Crippen LogP contribution in [0.4, 0.5) is 0 Å². The third-order valence-electron chi connectivity index (χ3n) is 2.24. The maximum absolute atomic E-state index is 11.3. The summed E-state index contributed by atoms with van der Waals surface area (Å²) in [6, 6.07) is 4.05. The van der Waals surface area contributed by atoms with Crippen molar-refractivity contribution in [3.05, 3.63) is 21.9 Å². The Bertz CT molecular complexity index is 463. The molecule has 0 aromatic carbocycles. The molecule has 0 aliphatic heterocycles. The standard InChI is InChI=1S/C11H13N3O2S/c1-7-2-5-9(17-7)6-12-14-11(16)10(15)13-8-3-4-8/h2,5-6,8H,3-4H2,1H3,(H,13,15)(H,14,16)/b12-6-. The Morgan fingerprint density at radius 2 is 2.18 bits per heavy atom. The van der Waals surface area contributed by atoms with Crippen LogP contribution in [0.5, 0.6) is 0 Å². The average molecular weight is 251 g/mol. The van der Waals surface area contributed by atoms with Crippen molar-refractivity contribution in [3.63, 3.8) is 0 Å². The molecule has 1 saturated carbocycles. The molecule has 17 heavy (non-hydrogen) atoms. The zero-order valence-corrected chi connectivity index (χ0v) is 10.2. The molecule has 6 heteroatoms. The van der Waals surface area contributed by atoms with E-state index in [4.69, 9.17) is 0 Å². The molecule has 0 unspecified atom stereocenters. The highest BCUT2D eigenvalue weighted by molar-refractivity contribution is 7.13. The predicted octanol–water partition coefficient (Wildman–Crippen LogP) is 0.785. The molecule has 0 atom stereocenters. The third kappa shape index (κ3) is 3.67. The van der Waals surface area contributed by atoms with Gasteiger partial charge in [0.15, 0.2) is 0 Å². The summed E-state index contributed by atoms with van der Waals surface area (Å²) in [4.78, 5) is 24.6. The second-order valence-electron chi connectivity index (χ2n) is 3.90. The summed E-state index contributed by atoms with van der Waals surface area (Å²) >= 11 is 1.57. The summed E-state index contributed by atoms with van der Waals surface area (Å²) in [7, 11) is 0. The van der Waals surface area contributed by atoms with Gasteiger partial charge in [-0.25, -0.2) is 5.43 Å². The second-order valence-corrected chi connectivity index (χ2v) is 5.21. The number of aryl methyl sites for hydroxylation is 1. The summed E-state index contributed by atoms with van der Waals surface area (Å²) in [6.07, 6.45) is 3.44. The molecular formula is C11H13N3O2S. The van der Waals surface area contributed by atoms with Crippen LogP contribution < -0.4 is 10.7 Å². The minimum absolute atomic E-state index is 0.178. The van der Waals surface area contributed by atoms with E-state index in [9.17, 15) is 9.59 Å². The Labute approximate surface area is 103 Å². The van der Waals surface area contributed by atoms with Crippen molar-refractivity contribution in [2.24, 2.45) is 5.10 Å². The van der Waals surface area contributed by atoms with E-state index in [1.807, 2.05) is 19.1 Å². The van der Waals surface area contributed by atoms with Crippen LogP contribution in [-0.2, 0) is 9.59 Å². The normalized spacial score (nSPS) is 14.9. The van der Waals surface area contributed by atoms with E-state index in [2.05, 4.69) is 15.8 Å². The van der Waals surface area contributed by atoms with Crippen molar-refractivity contribution in [3.8, 4) is 0 Å². The van der Waals surface area contributed by atoms with Crippen LogP contribution in [0.2, 0.25) is 0 Å². The number of nitrogens with zero attached hydrogens (tertiary/aromatic N) is 1. The fraction of sp³-hybridized carbons (Fsp3) is 0.364. The van der Waals surface area contributed by atoms with E-state index >= 15 is 0 Å². The van der Waals surface area contributed by atoms with Gasteiger partial charge in [0.1, 0.15) is 0 Å². The largest absolute Gasteiger partial charge is 0.345 e. The van der Waals surface area contributed by atoms with E-state index in [1.54, 1.807) is 11.3 Å². The molecule has 90 valence electrons. The summed E-state index contributed by atoms with van der Waals surface area (Å²) < 4.78 is 0. The molecule has 1 aliphatic carbocycles. The van der Waals surface area contributed by atoms with Crippen molar-refractivity contribution in [2.75, 3.05) is 0 Å². The number of thiophene rings is 1. The Morgan fingerprint density at radius 1 is 1.41 bits per heavy atom. The first-order chi connectivity index (χ1) is 8.15. The highest BCUT2D eigenvalue weighted by Crippen LogP contribution is 2.18. The number of hydrazone groups is 1. The lowest BCUT2D eigenvalue weighted by Crippen LogP contribution is -2.38. The number of rotatable bonds is 3. The molecular weight excluding hydrogens is 238 g/mol. The summed E-state index contributed by atoms with van der Waals surface area (Å²) in [5.74, 6) is -1.34. The first kappa shape index (κ1) is 11.8. The zero-order valence-electron chi connectivity index (χ0n) is 9.40. The number of hydrogen-bond donors (Lipinski definition) is 2. The third-order valence-corrected chi connectivity index (χ3v) is 3.17. The van der Waals surface area contributed by atoms with Crippen LogP contribution in [0.15, 0.2) is 17.2 Å². The Balaban J connectivity index is 1.78. The van der Waals surface area contributed by atoms with E-state index in [1.165, 1.54) is 11.1 Å². The van der Waals surface area contributed by atoms with Gasteiger partial charge in [0, 0.05) is 15.8 Å². The number of hydrogen-bond acceptors (Lipinski definition) is 4. The minimum Gasteiger partial charge on any atom is -0.345 e. The number of nitrogens with one attached hydrogen (secondary N) is 2. The molecule has 2 N–H and O–H groups in total. The van der Waals surface area contributed by atoms with E-state index in [-0.39, 0.29) is 6.04 Å². The lowest BCUT2D eigenvalue weighted by Gasteiger charge is -2.00. The van der Waals surface area contributed by atoms with Crippen LogP contribution in [0.1, 0.15) is 22.6 Å². The van der Waals surface area contributed by atoms with Gasteiger partial charge < -0.3 is 5.32 Å².